The fraction of sp³-hybridized carbons (Fsp3) is 0.115. The van der Waals surface area contributed by atoms with Gasteiger partial charge in [0.2, 0.25) is 5.91 Å². The van der Waals surface area contributed by atoms with Crippen LogP contribution in [0.15, 0.2) is 89.7 Å². The number of imide groups is 1. The van der Waals surface area contributed by atoms with Gasteiger partial charge in [-0.05, 0) is 48.5 Å². The monoisotopic (exact) mass is 521 g/mol. The van der Waals surface area contributed by atoms with E-state index in [2.05, 4.69) is 0 Å². The lowest BCUT2D eigenvalue weighted by molar-refractivity contribution is -0.126. The Kier molecular flexibility index (Phi) is 5.48. The number of hydrogen-bond donors (Lipinski definition) is 0. The van der Waals surface area contributed by atoms with E-state index in [4.69, 9.17) is 16.4 Å². The van der Waals surface area contributed by atoms with Crippen LogP contribution in [-0.2, 0) is 14.4 Å². The van der Waals surface area contributed by atoms with Gasteiger partial charge in [-0.2, -0.15) is 0 Å². The second-order valence-electron chi connectivity index (χ2n) is 8.34. The van der Waals surface area contributed by atoms with Gasteiger partial charge < -0.3 is 0 Å². The van der Waals surface area contributed by atoms with Gasteiger partial charge in [-0.25, -0.2) is 14.4 Å². The Hall–Kier alpha value is -3.79. The fourth-order valence-electron chi connectivity index (χ4n) is 4.67. The molecule has 4 aromatic rings. The molecule has 0 bridgehead atoms. The van der Waals surface area contributed by atoms with Gasteiger partial charge in [0, 0.05) is 0 Å². The van der Waals surface area contributed by atoms with E-state index < -0.39 is 35.7 Å². The third-order valence-electron chi connectivity index (χ3n) is 6.27. The number of amides is 2. The number of benzene rings is 3. The van der Waals surface area contributed by atoms with Crippen LogP contribution in [0.25, 0.3) is 5.69 Å². The molecule has 6 rings (SSSR count). The predicted octanol–water partition coefficient (Wildman–Crippen LogP) is 4.74. The van der Waals surface area contributed by atoms with E-state index >= 15 is 0 Å². The van der Waals surface area contributed by atoms with Crippen LogP contribution in [0.4, 0.5) is 15.8 Å². The number of carbonyl (C=O) groups is 2. The Labute approximate surface area is 213 Å². The maximum atomic E-state index is 13.7. The quantitative estimate of drug-likeness (QED) is 0.363. The molecule has 2 amide bonds. The number of aromatic nitrogens is 1. The van der Waals surface area contributed by atoms with Crippen molar-refractivity contribution in [2.75, 3.05) is 9.96 Å². The smallest absolute Gasteiger partial charge is 0.273 e. The summed E-state index contributed by atoms with van der Waals surface area (Å²) >= 11 is 7.69. The van der Waals surface area contributed by atoms with Crippen molar-refractivity contribution in [1.29, 1.82) is 0 Å². The molecule has 3 heterocycles. The number of para-hydroxylation sites is 2. The molecule has 7 nitrogen and oxygen atoms in total. The van der Waals surface area contributed by atoms with E-state index in [9.17, 15) is 18.8 Å². The highest BCUT2D eigenvalue weighted by molar-refractivity contribution is 7.10. The zero-order valence-corrected chi connectivity index (χ0v) is 20.0. The van der Waals surface area contributed by atoms with E-state index in [1.54, 1.807) is 48.5 Å². The average Bonchev–Trinajstić information content (AvgIpc) is 3.50. The van der Waals surface area contributed by atoms with Crippen LogP contribution < -0.4 is 14.8 Å². The first kappa shape index (κ1) is 22.7. The number of carbonyl (C=O) groups excluding carboxylic acids is 2. The molecule has 3 aromatic carbocycles. The molecule has 180 valence electrons. The average molecular weight is 522 g/mol. The first-order valence-corrected chi connectivity index (χ1v) is 12.3. The van der Waals surface area contributed by atoms with Gasteiger partial charge in [0.15, 0.2) is 6.10 Å². The van der Waals surface area contributed by atoms with Crippen molar-refractivity contribution in [2.45, 2.75) is 12.1 Å². The normalized spacial score (nSPS) is 21.3. The number of nitrogens with zero attached hydrogens (tertiary/aromatic N) is 3. The van der Waals surface area contributed by atoms with Gasteiger partial charge in [-0.3, -0.25) is 23.8 Å². The number of rotatable bonds is 4. The van der Waals surface area contributed by atoms with Crippen molar-refractivity contribution in [2.24, 2.45) is 5.92 Å². The molecule has 1 aromatic heterocycles. The lowest BCUT2D eigenvalue weighted by Crippen LogP contribution is -2.37. The number of anilines is 2. The Bertz CT molecular complexity index is 1520. The zero-order valence-electron chi connectivity index (χ0n) is 18.5. The maximum absolute atomic E-state index is 13.7. The van der Waals surface area contributed by atoms with Gasteiger partial charge in [-0.1, -0.05) is 59.3 Å². The Balaban J connectivity index is 1.48. The zero-order chi connectivity index (χ0) is 25.0. The molecule has 0 saturated carbocycles. The van der Waals surface area contributed by atoms with Gasteiger partial charge in [0.1, 0.15) is 22.9 Å². The molecule has 3 atom stereocenters. The third-order valence-corrected chi connectivity index (χ3v) is 7.77. The van der Waals surface area contributed by atoms with E-state index in [0.29, 0.717) is 16.3 Å². The summed E-state index contributed by atoms with van der Waals surface area (Å²) in [6.45, 7) is 0. The number of fused-ring (bicyclic) bond motifs is 1. The van der Waals surface area contributed by atoms with Crippen molar-refractivity contribution in [3.8, 4) is 5.69 Å². The molecule has 0 radical (unpaired) electrons. The SMILES string of the molecule is O=C1[C@H]2[C@H](ON(c3ccccc3)[C@H]2c2sc(=O)n(-c3ccccc3)c2Cl)C(=O)N1c1ccc(F)cc1. The first-order valence-electron chi connectivity index (χ1n) is 11.1. The molecule has 2 aliphatic rings. The summed E-state index contributed by atoms with van der Waals surface area (Å²) < 4.78 is 14.9. The molecule has 2 aliphatic heterocycles. The standard InChI is InChI=1S/C26H17ClFN3O4S/c27-23-22(36-26(34)29(23)16-7-3-1-4-8-16)20-19-21(35-31(20)18-9-5-2-6-10-18)25(33)30(24(19)32)17-13-11-15(28)12-14-17/h1-14,19-21H/t19-,20-,21+/m1/s1. The minimum Gasteiger partial charge on any atom is -0.273 e. The lowest BCUT2D eigenvalue weighted by Gasteiger charge is -2.28. The molecule has 10 heteroatoms. The topological polar surface area (TPSA) is 71.8 Å². The van der Waals surface area contributed by atoms with Gasteiger partial charge in [0.05, 0.1) is 21.9 Å². The summed E-state index contributed by atoms with van der Waals surface area (Å²) in [5, 5.41) is 1.63. The lowest BCUT2D eigenvalue weighted by atomic mass is 9.95. The summed E-state index contributed by atoms with van der Waals surface area (Å²) in [6, 6.07) is 22.2. The predicted molar refractivity (Wildman–Crippen MR) is 134 cm³/mol. The van der Waals surface area contributed by atoms with Crippen molar-refractivity contribution in [1.82, 2.24) is 4.57 Å². The molecule has 0 spiro atoms. The molecule has 0 N–H and O–H groups in total. The second kappa shape index (κ2) is 8.70. The molecule has 2 saturated heterocycles. The van der Waals surface area contributed by atoms with Gasteiger partial charge in [0.25, 0.3) is 5.91 Å². The molecule has 0 unspecified atom stereocenters. The van der Waals surface area contributed by atoms with Crippen LogP contribution >= 0.6 is 22.9 Å². The van der Waals surface area contributed by atoms with E-state index in [1.807, 2.05) is 12.1 Å². The Morgan fingerprint density at radius 3 is 2.03 bits per heavy atom. The van der Waals surface area contributed by atoms with E-state index in [1.165, 1.54) is 33.9 Å². The van der Waals surface area contributed by atoms with Crippen molar-refractivity contribution < 1.29 is 18.8 Å². The van der Waals surface area contributed by atoms with E-state index in [0.717, 1.165) is 16.2 Å². The second-order valence-corrected chi connectivity index (χ2v) is 9.69. The number of hydrogen-bond acceptors (Lipinski definition) is 6. The Morgan fingerprint density at radius 1 is 0.778 bits per heavy atom. The largest absolute Gasteiger partial charge is 0.313 e. The summed E-state index contributed by atoms with van der Waals surface area (Å²) in [7, 11) is 0. The highest BCUT2D eigenvalue weighted by Gasteiger charge is 2.61. The van der Waals surface area contributed by atoms with Crippen LogP contribution in [0.1, 0.15) is 10.9 Å². The fourth-order valence-corrected chi connectivity index (χ4v) is 6.14. The summed E-state index contributed by atoms with van der Waals surface area (Å²) in [5.74, 6) is -2.53. The van der Waals surface area contributed by atoms with Crippen LogP contribution in [-0.4, -0.2) is 22.5 Å². The minimum atomic E-state index is -1.13. The van der Waals surface area contributed by atoms with Gasteiger partial charge in [-0.15, -0.1) is 0 Å². The van der Waals surface area contributed by atoms with E-state index in [-0.39, 0.29) is 15.7 Å². The number of halogens is 2. The molecular weight excluding hydrogens is 505 g/mol. The molecular formula is C26H17ClFN3O4S. The molecule has 2 fully saturated rings. The first-order chi connectivity index (χ1) is 17.5. The van der Waals surface area contributed by atoms with Crippen LogP contribution in [0.5, 0.6) is 0 Å². The molecule has 36 heavy (non-hydrogen) atoms. The Morgan fingerprint density at radius 2 is 1.39 bits per heavy atom. The highest BCUT2D eigenvalue weighted by Crippen LogP contribution is 2.50. The van der Waals surface area contributed by atoms with Gasteiger partial charge >= 0.3 is 4.87 Å². The molecule has 0 aliphatic carbocycles. The summed E-state index contributed by atoms with van der Waals surface area (Å²) in [4.78, 5) is 47.3. The summed E-state index contributed by atoms with van der Waals surface area (Å²) in [6.07, 6.45) is -1.13. The summed E-state index contributed by atoms with van der Waals surface area (Å²) in [5.41, 5.74) is 1.43. The van der Waals surface area contributed by atoms with Crippen molar-refractivity contribution >= 4 is 46.1 Å². The number of hydroxylamine groups is 1. The highest BCUT2D eigenvalue weighted by atomic mass is 35.5. The van der Waals surface area contributed by atoms with Crippen molar-refractivity contribution in [3.63, 3.8) is 0 Å². The third kappa shape index (κ3) is 3.47. The van der Waals surface area contributed by atoms with Crippen LogP contribution in [0, 0.1) is 11.7 Å². The minimum absolute atomic E-state index is 0.145. The number of thiazole rings is 1. The maximum Gasteiger partial charge on any atom is 0.313 e. The van der Waals surface area contributed by atoms with Crippen molar-refractivity contribution in [3.05, 3.63) is 110 Å². The van der Waals surface area contributed by atoms with Crippen LogP contribution in [0.2, 0.25) is 5.15 Å². The van der Waals surface area contributed by atoms with Crippen LogP contribution in [0.3, 0.4) is 0 Å².